The number of nitrogens with one attached hydrogen (secondary N) is 1. The van der Waals surface area contributed by atoms with Crippen LogP contribution in [-0.4, -0.2) is 61.1 Å². The van der Waals surface area contributed by atoms with Crippen molar-refractivity contribution in [3.8, 4) is 0 Å². The van der Waals surface area contributed by atoms with Crippen LogP contribution in [0.5, 0.6) is 0 Å². The predicted octanol–water partition coefficient (Wildman–Crippen LogP) is 3.18. The number of hydrogen-bond donors (Lipinski definition) is 1. The number of hydrogen-bond acceptors (Lipinski definition) is 2. The minimum Gasteiger partial charge on any atom is -0.357 e. The second kappa shape index (κ2) is 10.7. The van der Waals surface area contributed by atoms with E-state index in [0.717, 1.165) is 38.1 Å². The quantitative estimate of drug-likeness (QED) is 0.429. The minimum atomic E-state index is 0. The van der Waals surface area contributed by atoms with E-state index in [9.17, 15) is 0 Å². The van der Waals surface area contributed by atoms with Gasteiger partial charge in [0.15, 0.2) is 5.96 Å². The van der Waals surface area contributed by atoms with E-state index in [1.807, 2.05) is 0 Å². The Balaban J connectivity index is 0.00000242. The van der Waals surface area contributed by atoms with E-state index in [2.05, 4.69) is 35.9 Å². The summed E-state index contributed by atoms with van der Waals surface area (Å²) in [5.74, 6) is 1.94. The van der Waals surface area contributed by atoms with Crippen LogP contribution in [0.4, 0.5) is 0 Å². The number of likely N-dealkylation sites (N-methyl/N-ethyl adjacent to an activating group) is 1. The monoisotopic (exact) mass is 422 g/mol. The lowest BCUT2D eigenvalue weighted by Crippen LogP contribution is -2.47. The van der Waals surface area contributed by atoms with Crippen molar-refractivity contribution in [1.82, 2.24) is 15.1 Å². The molecular weight excluding hydrogens is 387 g/mol. The summed E-state index contributed by atoms with van der Waals surface area (Å²) in [6.45, 7) is 13.5. The lowest BCUT2D eigenvalue weighted by Gasteiger charge is -2.36. The van der Waals surface area contributed by atoms with Gasteiger partial charge in [0.1, 0.15) is 0 Å². The molecule has 0 radical (unpaired) electrons. The summed E-state index contributed by atoms with van der Waals surface area (Å²) >= 11 is 0. The van der Waals surface area contributed by atoms with E-state index in [-0.39, 0.29) is 24.0 Å². The molecule has 0 bridgehead atoms. The first-order chi connectivity index (χ1) is 10.2. The van der Waals surface area contributed by atoms with Crippen molar-refractivity contribution in [2.75, 3.05) is 39.3 Å². The molecule has 0 aliphatic carbocycles. The van der Waals surface area contributed by atoms with Crippen LogP contribution in [0.1, 0.15) is 52.9 Å². The number of nitrogens with zero attached hydrogens (tertiary/aromatic N) is 3. The van der Waals surface area contributed by atoms with Crippen LogP contribution in [0.15, 0.2) is 4.99 Å². The van der Waals surface area contributed by atoms with Crippen LogP contribution in [-0.2, 0) is 0 Å². The van der Waals surface area contributed by atoms with Crippen LogP contribution >= 0.6 is 24.0 Å². The summed E-state index contributed by atoms with van der Waals surface area (Å²) in [7, 11) is 0. The van der Waals surface area contributed by atoms with Gasteiger partial charge in [-0.3, -0.25) is 9.89 Å². The number of aliphatic imine (C=N–C) groups is 1. The highest BCUT2D eigenvalue weighted by Crippen LogP contribution is 2.18. The molecule has 2 aliphatic rings. The maximum absolute atomic E-state index is 4.98. The standard InChI is InChI=1S/C17H34N4.HI/c1-4-18-17(21-12-8-9-15(3)14-21)19-13-16-10-6-7-11-20(16)5-2;/h15-16H,4-14H2,1-3H3,(H,18,19);1H. The van der Waals surface area contributed by atoms with Gasteiger partial charge in [-0.1, -0.05) is 20.3 Å². The fraction of sp³-hybridized carbons (Fsp3) is 0.941. The van der Waals surface area contributed by atoms with Crippen molar-refractivity contribution >= 4 is 29.9 Å². The predicted molar refractivity (Wildman–Crippen MR) is 106 cm³/mol. The largest absolute Gasteiger partial charge is 0.357 e. The Morgan fingerprint density at radius 1 is 1.14 bits per heavy atom. The zero-order valence-electron chi connectivity index (χ0n) is 14.7. The molecule has 2 aliphatic heterocycles. The Morgan fingerprint density at radius 2 is 1.95 bits per heavy atom. The molecule has 1 N–H and O–H groups in total. The van der Waals surface area contributed by atoms with Crippen LogP contribution in [0.2, 0.25) is 0 Å². The summed E-state index contributed by atoms with van der Waals surface area (Å²) < 4.78 is 0. The fourth-order valence-corrected chi connectivity index (χ4v) is 3.68. The van der Waals surface area contributed by atoms with Crippen LogP contribution in [0.25, 0.3) is 0 Å². The molecule has 2 unspecified atom stereocenters. The van der Waals surface area contributed by atoms with Crippen LogP contribution in [0, 0.1) is 5.92 Å². The molecular formula is C17H35IN4. The van der Waals surface area contributed by atoms with E-state index in [4.69, 9.17) is 4.99 Å². The normalized spacial score (nSPS) is 27.4. The lowest BCUT2D eigenvalue weighted by molar-refractivity contribution is 0.161. The number of piperidine rings is 2. The fourth-order valence-electron chi connectivity index (χ4n) is 3.68. The molecule has 0 saturated carbocycles. The van der Waals surface area contributed by atoms with Crippen molar-refractivity contribution in [3.63, 3.8) is 0 Å². The molecule has 0 aromatic carbocycles. The van der Waals surface area contributed by atoms with Gasteiger partial charge >= 0.3 is 0 Å². The summed E-state index contributed by atoms with van der Waals surface area (Å²) in [4.78, 5) is 10.1. The topological polar surface area (TPSA) is 30.9 Å². The van der Waals surface area contributed by atoms with Gasteiger partial charge in [-0.2, -0.15) is 0 Å². The molecule has 0 amide bonds. The molecule has 2 fully saturated rings. The van der Waals surface area contributed by atoms with Crippen molar-refractivity contribution in [3.05, 3.63) is 0 Å². The van der Waals surface area contributed by atoms with Gasteiger partial charge in [-0.05, 0) is 51.6 Å². The van der Waals surface area contributed by atoms with Gasteiger partial charge in [0.2, 0.25) is 0 Å². The SMILES string of the molecule is CCNC(=NCC1CCCCN1CC)N1CCCC(C)C1.I. The van der Waals surface area contributed by atoms with E-state index in [1.165, 1.54) is 45.2 Å². The van der Waals surface area contributed by atoms with Gasteiger partial charge in [-0.15, -0.1) is 24.0 Å². The second-order valence-electron chi connectivity index (χ2n) is 6.67. The summed E-state index contributed by atoms with van der Waals surface area (Å²) in [6, 6.07) is 0.652. The summed E-state index contributed by atoms with van der Waals surface area (Å²) in [5, 5.41) is 3.50. The van der Waals surface area contributed by atoms with Gasteiger partial charge < -0.3 is 10.2 Å². The van der Waals surface area contributed by atoms with Crippen molar-refractivity contribution in [1.29, 1.82) is 0 Å². The van der Waals surface area contributed by atoms with Crippen LogP contribution in [0.3, 0.4) is 0 Å². The smallest absolute Gasteiger partial charge is 0.193 e. The average molecular weight is 422 g/mol. The van der Waals surface area contributed by atoms with Crippen LogP contribution < -0.4 is 5.32 Å². The first-order valence-electron chi connectivity index (χ1n) is 9.01. The molecule has 5 heteroatoms. The molecule has 0 spiro atoms. The Hall–Kier alpha value is -0.0400. The van der Waals surface area contributed by atoms with Gasteiger partial charge in [0, 0.05) is 25.7 Å². The zero-order chi connectivity index (χ0) is 15.1. The molecule has 0 aromatic heterocycles. The van der Waals surface area contributed by atoms with E-state index >= 15 is 0 Å². The van der Waals surface area contributed by atoms with E-state index < -0.39 is 0 Å². The zero-order valence-corrected chi connectivity index (χ0v) is 17.0. The van der Waals surface area contributed by atoms with E-state index in [0.29, 0.717) is 6.04 Å². The Labute approximate surface area is 154 Å². The maximum atomic E-state index is 4.98. The third-order valence-corrected chi connectivity index (χ3v) is 4.90. The number of halogens is 1. The molecule has 130 valence electrons. The van der Waals surface area contributed by atoms with Gasteiger partial charge in [0.25, 0.3) is 0 Å². The highest BCUT2D eigenvalue weighted by molar-refractivity contribution is 14.0. The molecule has 2 heterocycles. The van der Waals surface area contributed by atoms with Gasteiger partial charge in [0.05, 0.1) is 6.54 Å². The Kier molecular flexibility index (Phi) is 9.71. The third kappa shape index (κ3) is 5.87. The maximum Gasteiger partial charge on any atom is 0.193 e. The van der Waals surface area contributed by atoms with Crippen molar-refractivity contribution < 1.29 is 0 Å². The Morgan fingerprint density at radius 3 is 2.64 bits per heavy atom. The lowest BCUT2D eigenvalue weighted by atomic mass is 10.0. The minimum absolute atomic E-state index is 0. The summed E-state index contributed by atoms with van der Waals surface area (Å²) in [5.41, 5.74) is 0. The average Bonchev–Trinajstić information content (AvgIpc) is 2.51. The van der Waals surface area contributed by atoms with Crippen molar-refractivity contribution in [2.24, 2.45) is 10.9 Å². The van der Waals surface area contributed by atoms with E-state index in [1.54, 1.807) is 0 Å². The molecule has 2 rings (SSSR count). The first-order valence-corrected chi connectivity index (χ1v) is 9.01. The second-order valence-corrected chi connectivity index (χ2v) is 6.67. The Bertz CT molecular complexity index is 335. The number of likely N-dealkylation sites (tertiary alicyclic amines) is 2. The molecule has 2 saturated heterocycles. The number of rotatable bonds is 4. The molecule has 22 heavy (non-hydrogen) atoms. The molecule has 2 atom stereocenters. The number of guanidine groups is 1. The van der Waals surface area contributed by atoms with Gasteiger partial charge in [-0.25, -0.2) is 0 Å². The first kappa shape index (κ1) is 20.0. The summed E-state index contributed by atoms with van der Waals surface area (Å²) in [6.07, 6.45) is 6.71. The highest BCUT2D eigenvalue weighted by Gasteiger charge is 2.22. The third-order valence-electron chi connectivity index (χ3n) is 4.90. The molecule has 0 aromatic rings. The highest BCUT2D eigenvalue weighted by atomic mass is 127. The van der Waals surface area contributed by atoms with Crippen molar-refractivity contribution in [2.45, 2.75) is 58.9 Å². The molecule has 4 nitrogen and oxygen atoms in total.